The molecule has 0 N–H and O–H groups in total. The first-order valence-corrected chi connectivity index (χ1v) is 13.4. The van der Waals surface area contributed by atoms with Gasteiger partial charge in [-0.25, -0.2) is 0 Å². The lowest BCUT2D eigenvalue weighted by Crippen LogP contribution is -2.66. The summed E-state index contributed by atoms with van der Waals surface area (Å²) in [6.07, 6.45) is 2.10. The van der Waals surface area contributed by atoms with E-state index in [2.05, 4.69) is 69.3 Å². The zero-order valence-corrected chi connectivity index (χ0v) is 19.3. The van der Waals surface area contributed by atoms with Gasteiger partial charge < -0.3 is 4.43 Å². The smallest absolute Gasteiger partial charge is 0.264 e. The minimum Gasteiger partial charge on any atom is -0.407 e. The third-order valence-electron chi connectivity index (χ3n) is 4.83. The lowest BCUT2D eigenvalue weighted by Gasteiger charge is -2.43. The van der Waals surface area contributed by atoms with Crippen molar-refractivity contribution in [1.29, 1.82) is 0 Å². The van der Waals surface area contributed by atoms with Crippen LogP contribution in [0.15, 0.2) is 60.7 Å². The summed E-state index contributed by atoms with van der Waals surface area (Å²) in [5.41, 5.74) is 0. The lowest BCUT2D eigenvalue weighted by atomic mass is 10.2. The third kappa shape index (κ3) is 5.77. The van der Waals surface area contributed by atoms with Crippen LogP contribution in [0.3, 0.4) is 0 Å². The van der Waals surface area contributed by atoms with E-state index in [1.165, 1.54) is 10.4 Å². The zero-order valence-electron chi connectivity index (χ0n) is 17.5. The predicted octanol–water partition coefficient (Wildman–Crippen LogP) is 3.71. The van der Waals surface area contributed by atoms with Gasteiger partial charge in [-0.05, 0) is 35.2 Å². The summed E-state index contributed by atoms with van der Waals surface area (Å²) in [7, 11) is -5.96. The molecule has 0 radical (unpaired) electrons. The summed E-state index contributed by atoms with van der Waals surface area (Å²) in [5, 5.41) is 2.42. The highest BCUT2D eigenvalue weighted by Gasteiger charge is 2.49. The van der Waals surface area contributed by atoms with E-state index in [-0.39, 0.29) is 11.1 Å². The molecule has 2 aromatic rings. The second-order valence-electron chi connectivity index (χ2n) is 8.26. The fourth-order valence-corrected chi connectivity index (χ4v) is 9.00. The molecule has 0 bridgehead atoms. The Kier molecular flexibility index (Phi) is 7.62. The highest BCUT2D eigenvalue weighted by Crippen LogP contribution is 2.36. The van der Waals surface area contributed by atoms with Gasteiger partial charge in [-0.1, -0.05) is 81.4 Å². The van der Waals surface area contributed by atoms with E-state index in [0.29, 0.717) is 13.0 Å². The van der Waals surface area contributed by atoms with Gasteiger partial charge in [0.2, 0.25) is 0 Å². The van der Waals surface area contributed by atoms with Gasteiger partial charge in [-0.3, -0.25) is 4.18 Å². The number of rotatable bonds is 9. The monoisotopic (exact) mass is 420 g/mol. The van der Waals surface area contributed by atoms with Crippen molar-refractivity contribution < 1.29 is 17.0 Å². The zero-order chi connectivity index (χ0) is 20.8. The van der Waals surface area contributed by atoms with Crippen LogP contribution in [0.5, 0.6) is 0 Å². The van der Waals surface area contributed by atoms with Gasteiger partial charge in [0, 0.05) is 6.61 Å². The molecule has 154 valence electrons. The van der Waals surface area contributed by atoms with Crippen LogP contribution in [0.1, 0.15) is 40.5 Å². The van der Waals surface area contributed by atoms with Crippen molar-refractivity contribution in [1.82, 2.24) is 0 Å². The summed E-state index contributed by atoms with van der Waals surface area (Å²) >= 11 is 0. The molecule has 6 heteroatoms. The maximum atomic E-state index is 11.3. The summed E-state index contributed by atoms with van der Waals surface area (Å²) in [6.45, 7) is 9.08. The largest absolute Gasteiger partial charge is 0.407 e. The average molecular weight is 421 g/mol. The van der Waals surface area contributed by atoms with Gasteiger partial charge in [0.1, 0.15) is 0 Å². The van der Waals surface area contributed by atoms with Gasteiger partial charge in [-0.15, -0.1) is 0 Å². The maximum Gasteiger partial charge on any atom is 0.264 e. The summed E-state index contributed by atoms with van der Waals surface area (Å²) in [6, 6.07) is 21.0. The van der Waals surface area contributed by atoms with Gasteiger partial charge in [0.05, 0.1) is 12.4 Å². The first-order chi connectivity index (χ1) is 13.1. The Morgan fingerprint density at radius 1 is 0.929 bits per heavy atom. The molecule has 2 rings (SSSR count). The van der Waals surface area contributed by atoms with Crippen LogP contribution in [0, 0.1) is 0 Å². The molecule has 4 nitrogen and oxygen atoms in total. The standard InChI is InChI=1S/C22H32O4SSi/c1-19(26-27(5,23)24)13-12-18-25-28(22(2,3)4,20-14-8-6-9-15-20)21-16-10-7-11-17-21/h6-11,14-17,19H,12-13,18H2,1-5H3. The van der Waals surface area contributed by atoms with E-state index in [9.17, 15) is 8.42 Å². The van der Waals surface area contributed by atoms with Crippen molar-refractivity contribution in [2.45, 2.75) is 51.7 Å². The molecule has 0 fully saturated rings. The van der Waals surface area contributed by atoms with Gasteiger partial charge in [0.15, 0.2) is 0 Å². The Hall–Kier alpha value is -1.47. The van der Waals surface area contributed by atoms with Crippen molar-refractivity contribution in [3.05, 3.63) is 60.7 Å². The van der Waals surface area contributed by atoms with E-state index < -0.39 is 18.4 Å². The molecule has 0 aliphatic carbocycles. The minimum absolute atomic E-state index is 0.0649. The first kappa shape index (κ1) is 22.8. The molecular weight excluding hydrogens is 388 g/mol. The Morgan fingerprint density at radius 3 is 1.79 bits per heavy atom. The second kappa shape index (κ2) is 9.35. The van der Waals surface area contributed by atoms with Crippen molar-refractivity contribution in [3.63, 3.8) is 0 Å². The molecule has 28 heavy (non-hydrogen) atoms. The van der Waals surface area contributed by atoms with Crippen molar-refractivity contribution in [2.24, 2.45) is 0 Å². The molecule has 0 aliphatic heterocycles. The van der Waals surface area contributed by atoms with Crippen LogP contribution in [0.2, 0.25) is 5.04 Å². The summed E-state index contributed by atoms with van der Waals surface area (Å²) in [5.74, 6) is 0. The predicted molar refractivity (Wildman–Crippen MR) is 118 cm³/mol. The molecule has 0 saturated carbocycles. The third-order valence-corrected chi connectivity index (χ3v) is 10.5. The molecule has 0 saturated heterocycles. The van der Waals surface area contributed by atoms with Gasteiger partial charge >= 0.3 is 0 Å². The molecule has 0 spiro atoms. The van der Waals surface area contributed by atoms with E-state index in [1.807, 2.05) is 12.1 Å². The topological polar surface area (TPSA) is 52.6 Å². The highest BCUT2D eigenvalue weighted by atomic mass is 32.2. The fraction of sp³-hybridized carbons (Fsp3) is 0.455. The van der Waals surface area contributed by atoms with Crippen LogP contribution in [-0.2, 0) is 18.7 Å². The van der Waals surface area contributed by atoms with Gasteiger partial charge in [-0.2, -0.15) is 8.42 Å². The average Bonchev–Trinajstić information content (AvgIpc) is 2.61. The molecular formula is C22H32O4SSi. The summed E-state index contributed by atoms with van der Waals surface area (Å²) in [4.78, 5) is 0. The summed E-state index contributed by atoms with van der Waals surface area (Å²) < 4.78 is 34.4. The maximum absolute atomic E-state index is 11.3. The Morgan fingerprint density at radius 2 is 1.39 bits per heavy atom. The number of hydrogen-bond acceptors (Lipinski definition) is 4. The van der Waals surface area contributed by atoms with Crippen LogP contribution in [-0.4, -0.2) is 35.7 Å². The molecule has 1 unspecified atom stereocenters. The van der Waals surface area contributed by atoms with Crippen molar-refractivity contribution in [2.75, 3.05) is 12.9 Å². The number of hydrogen-bond donors (Lipinski definition) is 0. The first-order valence-electron chi connectivity index (χ1n) is 9.69. The molecule has 0 amide bonds. The highest BCUT2D eigenvalue weighted by molar-refractivity contribution is 7.86. The van der Waals surface area contributed by atoms with E-state index >= 15 is 0 Å². The normalized spacial score (nSPS) is 14.0. The second-order valence-corrected chi connectivity index (χ2v) is 14.2. The number of benzene rings is 2. The van der Waals surface area contributed by atoms with Crippen LogP contribution in [0.25, 0.3) is 0 Å². The molecule has 1 atom stereocenters. The fourth-order valence-electron chi connectivity index (χ4n) is 3.70. The lowest BCUT2D eigenvalue weighted by molar-refractivity contribution is 0.199. The van der Waals surface area contributed by atoms with E-state index in [0.717, 1.165) is 12.7 Å². The Balaban J connectivity index is 2.27. The minimum atomic E-state index is -3.43. The van der Waals surface area contributed by atoms with E-state index in [1.54, 1.807) is 6.92 Å². The molecule has 0 aliphatic rings. The molecule has 2 aromatic carbocycles. The van der Waals surface area contributed by atoms with E-state index in [4.69, 9.17) is 8.61 Å². The Bertz CT molecular complexity index is 790. The van der Waals surface area contributed by atoms with Gasteiger partial charge in [0.25, 0.3) is 18.4 Å². The quantitative estimate of drug-likeness (QED) is 0.353. The van der Waals surface area contributed by atoms with Crippen LogP contribution < -0.4 is 10.4 Å². The SMILES string of the molecule is CC(CCCO[Si](c1ccccc1)(c1ccccc1)C(C)(C)C)OS(C)(=O)=O. The van der Waals surface area contributed by atoms with Crippen molar-refractivity contribution >= 4 is 28.8 Å². The van der Waals surface area contributed by atoms with Crippen molar-refractivity contribution in [3.8, 4) is 0 Å². The van der Waals surface area contributed by atoms with Crippen LogP contribution in [0.4, 0.5) is 0 Å². The Labute approximate surface area is 171 Å². The van der Waals surface area contributed by atoms with Crippen LogP contribution >= 0.6 is 0 Å². The molecule has 0 heterocycles. The molecule has 0 aromatic heterocycles.